The van der Waals surface area contributed by atoms with E-state index >= 15 is 0 Å². The molecular weight excluding hydrogens is 472 g/mol. The van der Waals surface area contributed by atoms with Crippen molar-refractivity contribution in [2.45, 2.75) is 17.7 Å². The van der Waals surface area contributed by atoms with Gasteiger partial charge in [0.2, 0.25) is 0 Å². The van der Waals surface area contributed by atoms with Gasteiger partial charge in [0, 0.05) is 19.7 Å². The number of amides is 1. The molecule has 0 fully saturated rings. The second kappa shape index (κ2) is 9.54. The highest BCUT2D eigenvalue weighted by molar-refractivity contribution is 7.93. The van der Waals surface area contributed by atoms with Gasteiger partial charge in [-0.25, -0.2) is 8.42 Å². The Morgan fingerprint density at radius 2 is 1.97 bits per heavy atom. The molecule has 12 heteroatoms. The molecule has 33 heavy (non-hydrogen) atoms. The fourth-order valence-corrected chi connectivity index (χ4v) is 5.41. The minimum Gasteiger partial charge on any atom is -0.505 e. The summed E-state index contributed by atoms with van der Waals surface area (Å²) in [5.74, 6) is -0.931. The Hall–Kier alpha value is -2.89. The van der Waals surface area contributed by atoms with E-state index < -0.39 is 27.2 Å². The number of hydrogen-bond donors (Lipinski definition) is 4. The van der Waals surface area contributed by atoms with Crippen molar-refractivity contribution in [2.24, 2.45) is 5.73 Å². The van der Waals surface area contributed by atoms with Gasteiger partial charge in [-0.2, -0.15) is 0 Å². The Balaban J connectivity index is 1.80. The van der Waals surface area contributed by atoms with E-state index in [0.29, 0.717) is 37.8 Å². The van der Waals surface area contributed by atoms with E-state index in [9.17, 15) is 18.3 Å². The molecule has 1 amide bonds. The largest absolute Gasteiger partial charge is 0.505 e. The van der Waals surface area contributed by atoms with E-state index in [4.69, 9.17) is 26.8 Å². The third-order valence-electron chi connectivity index (χ3n) is 5.44. The van der Waals surface area contributed by atoms with Crippen molar-refractivity contribution in [3.8, 4) is 11.5 Å². The van der Waals surface area contributed by atoms with Crippen LogP contribution in [-0.2, 0) is 14.8 Å². The van der Waals surface area contributed by atoms with Gasteiger partial charge < -0.3 is 30.5 Å². The van der Waals surface area contributed by atoms with Gasteiger partial charge in [0.25, 0.3) is 15.9 Å². The second-order valence-corrected chi connectivity index (χ2v) is 9.72. The van der Waals surface area contributed by atoms with Crippen LogP contribution in [0.15, 0.2) is 29.2 Å². The Morgan fingerprint density at radius 1 is 1.15 bits per heavy atom. The molecule has 2 aliphatic rings. The molecule has 5 N–H and O–H groups in total. The lowest BCUT2D eigenvalue weighted by Crippen LogP contribution is -2.33. The standard InChI is InChI=1S/C21H25ClN4O6S/c22-18-19-17(12-14(20(18)27)21(23)28)33(29,30)25-13-3-4-16-15(11-13)26(7-10-32-16)6-1-2-8-31-9-5-24-19/h3-4,11-12,24-25,27H,1-2,5-10H2,(H2,23,28). The molecule has 2 aliphatic heterocycles. The topological polar surface area (TPSA) is 143 Å². The number of primary amides is 1. The van der Waals surface area contributed by atoms with Crippen LogP contribution in [0, 0.1) is 0 Å². The Kier molecular flexibility index (Phi) is 6.73. The number of hydrogen-bond acceptors (Lipinski definition) is 8. The van der Waals surface area contributed by atoms with E-state index in [0.717, 1.165) is 31.1 Å². The number of rotatable bonds is 1. The van der Waals surface area contributed by atoms with E-state index in [1.165, 1.54) is 0 Å². The molecule has 2 aromatic rings. The summed E-state index contributed by atoms with van der Waals surface area (Å²) in [6, 6.07) is 6.02. The number of sulfonamides is 1. The summed E-state index contributed by atoms with van der Waals surface area (Å²) in [7, 11) is -4.23. The summed E-state index contributed by atoms with van der Waals surface area (Å²) in [6.07, 6.45) is 1.76. The summed E-state index contributed by atoms with van der Waals surface area (Å²) in [6.45, 7) is 3.10. The molecule has 0 aromatic heterocycles. The highest BCUT2D eigenvalue weighted by Crippen LogP contribution is 2.41. The summed E-state index contributed by atoms with van der Waals surface area (Å²) >= 11 is 6.24. The quantitative estimate of drug-likeness (QED) is 0.471. The van der Waals surface area contributed by atoms with Gasteiger partial charge in [-0.3, -0.25) is 9.52 Å². The number of fused-ring (bicyclic) bond motifs is 2. The van der Waals surface area contributed by atoms with Crippen molar-refractivity contribution in [1.29, 1.82) is 0 Å². The first kappa shape index (κ1) is 23.3. The SMILES string of the molecule is NC(=O)c1cc2c(c(Cl)c1O)NCCOCCCCN1CCOc3ccc(cc31)NS2(=O)=O. The maximum absolute atomic E-state index is 13.4. The van der Waals surface area contributed by atoms with Crippen molar-refractivity contribution >= 4 is 44.6 Å². The number of nitrogens with zero attached hydrogens (tertiary/aromatic N) is 1. The number of nitrogens with two attached hydrogens (primary N) is 1. The number of carbonyl (C=O) groups is 1. The van der Waals surface area contributed by atoms with Crippen LogP contribution in [0.5, 0.6) is 11.5 Å². The van der Waals surface area contributed by atoms with Gasteiger partial charge in [-0.05, 0) is 37.1 Å². The van der Waals surface area contributed by atoms with Crippen molar-refractivity contribution < 1.29 is 27.8 Å². The lowest BCUT2D eigenvalue weighted by molar-refractivity contribution is 0.0997. The van der Waals surface area contributed by atoms with Crippen LogP contribution in [-0.4, -0.2) is 58.9 Å². The van der Waals surface area contributed by atoms with Gasteiger partial charge in [0.15, 0.2) is 0 Å². The lowest BCUT2D eigenvalue weighted by atomic mass is 10.1. The molecule has 0 radical (unpaired) electrons. The first-order valence-electron chi connectivity index (χ1n) is 10.5. The van der Waals surface area contributed by atoms with Crippen LogP contribution in [0.3, 0.4) is 0 Å². The van der Waals surface area contributed by atoms with Gasteiger partial charge in [0.1, 0.15) is 28.0 Å². The molecule has 0 atom stereocenters. The van der Waals surface area contributed by atoms with E-state index in [-0.39, 0.29) is 22.2 Å². The summed E-state index contributed by atoms with van der Waals surface area (Å²) < 4.78 is 40.6. The maximum Gasteiger partial charge on any atom is 0.264 e. The number of anilines is 3. The number of phenols is 1. The predicted molar refractivity (Wildman–Crippen MR) is 125 cm³/mol. The number of halogens is 1. The van der Waals surface area contributed by atoms with Crippen LogP contribution in [0.25, 0.3) is 0 Å². The molecule has 0 saturated carbocycles. The highest BCUT2D eigenvalue weighted by atomic mass is 35.5. The molecule has 0 unspecified atom stereocenters. The lowest BCUT2D eigenvalue weighted by Gasteiger charge is -2.31. The number of ether oxygens (including phenoxy) is 2. The first-order chi connectivity index (χ1) is 15.8. The smallest absolute Gasteiger partial charge is 0.264 e. The fraction of sp³-hybridized carbons (Fsp3) is 0.381. The average molecular weight is 497 g/mol. The highest BCUT2D eigenvalue weighted by Gasteiger charge is 2.28. The minimum absolute atomic E-state index is 0.0507. The van der Waals surface area contributed by atoms with E-state index in [2.05, 4.69) is 14.9 Å². The zero-order chi connectivity index (χ0) is 23.6. The van der Waals surface area contributed by atoms with Crippen molar-refractivity contribution in [3.63, 3.8) is 0 Å². The Morgan fingerprint density at radius 3 is 2.76 bits per heavy atom. The van der Waals surface area contributed by atoms with Gasteiger partial charge in [0.05, 0.1) is 35.8 Å². The van der Waals surface area contributed by atoms with Crippen LogP contribution in [0.2, 0.25) is 5.02 Å². The molecule has 10 nitrogen and oxygen atoms in total. The molecule has 178 valence electrons. The monoisotopic (exact) mass is 496 g/mol. The van der Waals surface area contributed by atoms with Crippen LogP contribution in [0.1, 0.15) is 23.2 Å². The van der Waals surface area contributed by atoms with Crippen molar-refractivity contribution in [2.75, 3.05) is 54.4 Å². The summed E-state index contributed by atoms with van der Waals surface area (Å²) in [5.41, 5.74) is 5.97. The molecular formula is C21H25ClN4O6S. The molecule has 4 rings (SSSR count). The Labute approximate surface area is 196 Å². The molecule has 2 bridgehead atoms. The van der Waals surface area contributed by atoms with Crippen LogP contribution < -0.4 is 25.4 Å². The molecule has 0 aliphatic carbocycles. The van der Waals surface area contributed by atoms with Crippen LogP contribution >= 0.6 is 11.6 Å². The van der Waals surface area contributed by atoms with Crippen LogP contribution in [0.4, 0.5) is 17.1 Å². The predicted octanol–water partition coefficient (Wildman–Crippen LogP) is 2.37. The molecule has 2 heterocycles. The fourth-order valence-electron chi connectivity index (χ4n) is 3.82. The molecule has 2 aromatic carbocycles. The normalized spacial score (nSPS) is 18.3. The van der Waals surface area contributed by atoms with Gasteiger partial charge >= 0.3 is 0 Å². The first-order valence-corrected chi connectivity index (χ1v) is 12.4. The number of carbonyl (C=O) groups excluding carboxylic acids is 1. The minimum atomic E-state index is -4.23. The Bertz CT molecular complexity index is 1170. The third kappa shape index (κ3) is 4.90. The number of benzene rings is 2. The van der Waals surface area contributed by atoms with Gasteiger partial charge in [-0.1, -0.05) is 11.6 Å². The summed E-state index contributed by atoms with van der Waals surface area (Å²) in [4.78, 5) is 13.6. The number of nitrogens with one attached hydrogen (secondary N) is 2. The zero-order valence-corrected chi connectivity index (χ0v) is 19.3. The average Bonchev–Trinajstić information content (AvgIpc) is 2.77. The molecule has 0 spiro atoms. The van der Waals surface area contributed by atoms with E-state index in [1.54, 1.807) is 18.2 Å². The van der Waals surface area contributed by atoms with Gasteiger partial charge in [-0.15, -0.1) is 0 Å². The zero-order valence-electron chi connectivity index (χ0n) is 17.8. The van der Waals surface area contributed by atoms with Crippen molar-refractivity contribution in [1.82, 2.24) is 0 Å². The third-order valence-corrected chi connectivity index (χ3v) is 7.22. The summed E-state index contributed by atoms with van der Waals surface area (Å²) in [5, 5.41) is 12.9. The molecule has 0 saturated heterocycles. The number of aromatic hydroxyl groups is 1. The van der Waals surface area contributed by atoms with Crippen molar-refractivity contribution in [3.05, 3.63) is 34.9 Å². The second-order valence-electron chi connectivity index (χ2n) is 7.69. The maximum atomic E-state index is 13.4. The van der Waals surface area contributed by atoms with E-state index in [1.807, 2.05) is 0 Å².